The average Bonchev–Trinajstić information content (AvgIpc) is 3.24. The first-order valence-electron chi connectivity index (χ1n) is 9.17. The summed E-state index contributed by atoms with van der Waals surface area (Å²) in [7, 11) is 0. The van der Waals surface area contributed by atoms with Crippen LogP contribution in [0, 0.1) is 0 Å². The number of carbonyl (C=O) groups excluding carboxylic acids is 2. The molecular weight excluding hydrogens is 416 g/mol. The Morgan fingerprint density at radius 2 is 1.43 bits per heavy atom. The number of hydrogen-bond donors (Lipinski definition) is 0. The molecule has 2 aliphatic rings. The van der Waals surface area contributed by atoms with E-state index in [1.165, 1.54) is 17.7 Å². The van der Waals surface area contributed by atoms with Crippen LogP contribution in [0.2, 0.25) is 0 Å². The summed E-state index contributed by atoms with van der Waals surface area (Å²) in [4.78, 5) is 29.4. The second kappa shape index (κ2) is 8.93. The quantitative estimate of drug-likeness (QED) is 0.672. The van der Waals surface area contributed by atoms with E-state index < -0.39 is 48.2 Å². The minimum Gasteiger partial charge on any atom is -0.452 e. The summed E-state index contributed by atoms with van der Waals surface area (Å²) < 4.78 is 44.0. The third-order valence-electron chi connectivity index (χ3n) is 4.74. The number of carbonyl (C=O) groups is 2. The molecule has 6 nitrogen and oxygen atoms in total. The van der Waals surface area contributed by atoms with Crippen LogP contribution in [-0.4, -0.2) is 53.7 Å². The maximum Gasteiger partial charge on any atom is 0.338 e. The summed E-state index contributed by atoms with van der Waals surface area (Å²) in [6, 6.07) is 15.3. The monoisotopic (exact) mass is 433 g/mol. The molecule has 0 saturated carbocycles. The van der Waals surface area contributed by atoms with Gasteiger partial charge in [-0.2, -0.15) is 0 Å². The Kier molecular flexibility index (Phi) is 6.10. The van der Waals surface area contributed by atoms with Crippen LogP contribution in [-0.2, 0) is 14.2 Å². The molecule has 156 valence electrons. The number of esters is 2. The molecule has 0 aliphatic carbocycles. The van der Waals surface area contributed by atoms with E-state index in [4.69, 9.17) is 14.2 Å². The molecule has 5 atom stereocenters. The number of alkyl halides is 2. The third-order valence-corrected chi connectivity index (χ3v) is 5.64. The van der Waals surface area contributed by atoms with Gasteiger partial charge in [-0.15, -0.1) is 0 Å². The lowest BCUT2D eigenvalue weighted by Crippen LogP contribution is -2.59. The average molecular weight is 433 g/mol. The SMILES string of the molecule is O=C(OC1C2N=CSC2OC(C(F)F)C1OC(=O)c1ccccc1)c1ccccc1. The highest BCUT2D eigenvalue weighted by Crippen LogP contribution is 2.38. The molecule has 0 aromatic heterocycles. The minimum absolute atomic E-state index is 0.185. The number of nitrogens with zero attached hydrogens (tertiary/aromatic N) is 1. The van der Waals surface area contributed by atoms with Gasteiger partial charge in [0.25, 0.3) is 6.43 Å². The van der Waals surface area contributed by atoms with Crippen LogP contribution in [0.15, 0.2) is 65.7 Å². The van der Waals surface area contributed by atoms with Crippen LogP contribution in [0.1, 0.15) is 20.7 Å². The highest BCUT2D eigenvalue weighted by molar-refractivity contribution is 8.12. The first-order chi connectivity index (χ1) is 14.5. The molecule has 1 saturated heterocycles. The van der Waals surface area contributed by atoms with Crippen molar-refractivity contribution >= 4 is 29.2 Å². The van der Waals surface area contributed by atoms with E-state index in [1.54, 1.807) is 48.5 Å². The van der Waals surface area contributed by atoms with Crippen LogP contribution in [0.4, 0.5) is 8.78 Å². The van der Waals surface area contributed by atoms with E-state index in [-0.39, 0.29) is 11.1 Å². The second-order valence-electron chi connectivity index (χ2n) is 6.66. The summed E-state index contributed by atoms with van der Waals surface area (Å²) in [5.41, 5.74) is 1.13. The van der Waals surface area contributed by atoms with E-state index in [2.05, 4.69) is 4.99 Å². The fourth-order valence-corrected chi connectivity index (χ4v) is 4.20. The molecule has 2 aromatic carbocycles. The second-order valence-corrected chi connectivity index (χ2v) is 7.60. The number of fused-ring (bicyclic) bond motifs is 1. The topological polar surface area (TPSA) is 74.2 Å². The molecule has 30 heavy (non-hydrogen) atoms. The van der Waals surface area contributed by atoms with Gasteiger partial charge in [-0.3, -0.25) is 4.99 Å². The van der Waals surface area contributed by atoms with Crippen LogP contribution >= 0.6 is 11.8 Å². The molecular formula is C21H17F2NO5S. The fraction of sp³-hybridized carbons (Fsp3) is 0.286. The number of ether oxygens (including phenoxy) is 3. The van der Waals surface area contributed by atoms with Crippen LogP contribution in [0.25, 0.3) is 0 Å². The van der Waals surface area contributed by atoms with Crippen molar-refractivity contribution in [2.75, 3.05) is 0 Å². The first-order valence-corrected chi connectivity index (χ1v) is 10.1. The third kappa shape index (κ3) is 4.22. The van der Waals surface area contributed by atoms with Gasteiger partial charge >= 0.3 is 11.9 Å². The highest BCUT2D eigenvalue weighted by Gasteiger charge is 2.54. The van der Waals surface area contributed by atoms with Crippen molar-refractivity contribution in [1.82, 2.24) is 0 Å². The zero-order valence-corrected chi connectivity index (χ0v) is 16.3. The first kappa shape index (κ1) is 20.5. The predicted molar refractivity (Wildman–Crippen MR) is 106 cm³/mol. The van der Waals surface area contributed by atoms with Gasteiger partial charge in [-0.25, -0.2) is 18.4 Å². The number of halogens is 2. The molecule has 0 amide bonds. The Balaban J connectivity index is 1.63. The molecule has 2 aliphatic heterocycles. The Bertz CT molecular complexity index is 928. The Labute approximate surface area is 175 Å². The van der Waals surface area contributed by atoms with Gasteiger partial charge in [0.2, 0.25) is 0 Å². The van der Waals surface area contributed by atoms with Gasteiger partial charge < -0.3 is 14.2 Å². The number of thioether (sulfide) groups is 1. The maximum absolute atomic E-state index is 13.8. The van der Waals surface area contributed by atoms with Gasteiger partial charge in [0.05, 0.1) is 16.7 Å². The summed E-state index contributed by atoms with van der Waals surface area (Å²) >= 11 is 1.11. The Morgan fingerprint density at radius 3 is 1.97 bits per heavy atom. The van der Waals surface area contributed by atoms with Crippen molar-refractivity contribution < 1.29 is 32.6 Å². The smallest absolute Gasteiger partial charge is 0.338 e. The standard InChI is InChI=1S/C21H17F2NO5S/c22-18(23)17-16(28-20(26)13-9-5-2-6-10-13)15(14-21(29-17)30-11-24-14)27-19(25)12-7-3-1-4-8-12/h1-11,14-18,21H. The highest BCUT2D eigenvalue weighted by atomic mass is 32.2. The van der Waals surface area contributed by atoms with E-state index in [0.29, 0.717) is 0 Å². The van der Waals surface area contributed by atoms with Gasteiger partial charge in [0.15, 0.2) is 18.3 Å². The van der Waals surface area contributed by atoms with E-state index in [1.807, 2.05) is 0 Å². The zero-order valence-electron chi connectivity index (χ0n) is 15.5. The lowest BCUT2D eigenvalue weighted by atomic mass is 9.97. The number of rotatable bonds is 5. The van der Waals surface area contributed by atoms with E-state index >= 15 is 0 Å². The van der Waals surface area contributed by atoms with Crippen molar-refractivity contribution in [1.29, 1.82) is 0 Å². The van der Waals surface area contributed by atoms with Crippen LogP contribution in [0.3, 0.4) is 0 Å². The van der Waals surface area contributed by atoms with Gasteiger partial charge in [0.1, 0.15) is 11.5 Å². The van der Waals surface area contributed by atoms with Crippen molar-refractivity contribution in [2.24, 2.45) is 4.99 Å². The van der Waals surface area contributed by atoms with Gasteiger partial charge in [-0.1, -0.05) is 48.2 Å². The van der Waals surface area contributed by atoms with Gasteiger partial charge in [-0.05, 0) is 24.3 Å². The normalized spacial score (nSPS) is 27.5. The van der Waals surface area contributed by atoms with Crippen molar-refractivity contribution in [2.45, 2.75) is 36.2 Å². The fourth-order valence-electron chi connectivity index (χ4n) is 3.29. The molecule has 2 heterocycles. The van der Waals surface area contributed by atoms with Crippen molar-refractivity contribution in [3.05, 3.63) is 71.8 Å². The number of hydrogen-bond acceptors (Lipinski definition) is 7. The van der Waals surface area contributed by atoms with Crippen molar-refractivity contribution in [3.63, 3.8) is 0 Å². The predicted octanol–water partition coefficient (Wildman–Crippen LogP) is 3.57. The van der Waals surface area contributed by atoms with Crippen LogP contribution < -0.4 is 0 Å². The summed E-state index contributed by atoms with van der Waals surface area (Å²) in [6.45, 7) is 0. The minimum atomic E-state index is -2.96. The largest absolute Gasteiger partial charge is 0.452 e. The van der Waals surface area contributed by atoms with Gasteiger partial charge in [0, 0.05) is 0 Å². The molecule has 9 heteroatoms. The Morgan fingerprint density at radius 1 is 0.900 bits per heavy atom. The van der Waals surface area contributed by atoms with Crippen LogP contribution in [0.5, 0.6) is 0 Å². The lowest BCUT2D eigenvalue weighted by Gasteiger charge is -2.41. The maximum atomic E-state index is 13.8. The van der Waals surface area contributed by atoms with E-state index in [0.717, 1.165) is 11.8 Å². The molecule has 5 unspecified atom stereocenters. The number of benzene rings is 2. The lowest BCUT2D eigenvalue weighted by molar-refractivity contribution is -0.194. The molecule has 2 aromatic rings. The van der Waals surface area contributed by atoms with Crippen molar-refractivity contribution in [3.8, 4) is 0 Å². The number of aliphatic imine (C=N–C) groups is 1. The summed E-state index contributed by atoms with van der Waals surface area (Å²) in [6.07, 6.45) is -7.47. The van der Waals surface area contributed by atoms with E-state index in [9.17, 15) is 18.4 Å². The summed E-state index contributed by atoms with van der Waals surface area (Å²) in [5, 5.41) is 0. The zero-order chi connectivity index (χ0) is 21.1. The molecule has 0 spiro atoms. The molecule has 0 bridgehead atoms. The molecule has 1 fully saturated rings. The summed E-state index contributed by atoms with van der Waals surface area (Å²) in [5.74, 6) is -1.54. The molecule has 0 radical (unpaired) electrons. The molecule has 0 N–H and O–H groups in total. The Hall–Kier alpha value is -2.78. The molecule has 4 rings (SSSR count).